The minimum absolute atomic E-state index is 0.886. The molecule has 0 fully saturated rings. The van der Waals surface area contributed by atoms with Crippen LogP contribution >= 0.6 is 11.8 Å². The molecule has 4 nitrogen and oxygen atoms in total. The molecule has 2 rings (SSSR count). The van der Waals surface area contributed by atoms with Crippen LogP contribution in [0.15, 0.2) is 35.5 Å². The van der Waals surface area contributed by atoms with E-state index in [-0.39, 0.29) is 0 Å². The number of benzene rings is 1. The van der Waals surface area contributed by atoms with Crippen LogP contribution in [0.25, 0.3) is 5.69 Å². The molecule has 0 saturated heterocycles. The summed E-state index contributed by atoms with van der Waals surface area (Å²) in [6.45, 7) is 2.27. The zero-order chi connectivity index (χ0) is 16.9. The van der Waals surface area contributed by atoms with Crippen molar-refractivity contribution in [2.45, 2.75) is 76.3 Å². The van der Waals surface area contributed by atoms with Crippen LogP contribution in [-0.2, 0) is 0 Å². The summed E-state index contributed by atoms with van der Waals surface area (Å²) in [6.07, 6.45) is 13.7. The second kappa shape index (κ2) is 12.1. The molecule has 0 N–H and O–H groups in total. The van der Waals surface area contributed by atoms with Crippen molar-refractivity contribution >= 4 is 11.8 Å². The molecule has 1 aromatic heterocycles. The molecule has 0 unspecified atom stereocenters. The zero-order valence-corrected chi connectivity index (χ0v) is 15.7. The first-order valence-corrected chi connectivity index (χ1v) is 10.4. The van der Waals surface area contributed by atoms with Crippen LogP contribution in [0.5, 0.6) is 0 Å². The van der Waals surface area contributed by atoms with Crippen LogP contribution in [-0.4, -0.2) is 26.0 Å². The van der Waals surface area contributed by atoms with Gasteiger partial charge < -0.3 is 0 Å². The van der Waals surface area contributed by atoms with Gasteiger partial charge in [0.2, 0.25) is 5.16 Å². The summed E-state index contributed by atoms with van der Waals surface area (Å²) in [7, 11) is 0. The largest absolute Gasteiger partial charge is 0.214 e. The fourth-order valence-electron chi connectivity index (χ4n) is 2.75. The van der Waals surface area contributed by atoms with E-state index in [1.807, 2.05) is 35.0 Å². The van der Waals surface area contributed by atoms with Gasteiger partial charge in [0.1, 0.15) is 0 Å². The van der Waals surface area contributed by atoms with Crippen molar-refractivity contribution in [3.63, 3.8) is 0 Å². The number of tetrazole rings is 1. The highest BCUT2D eigenvalue weighted by molar-refractivity contribution is 7.99. The molecule has 1 heterocycles. The van der Waals surface area contributed by atoms with Gasteiger partial charge in [0.15, 0.2) is 0 Å². The van der Waals surface area contributed by atoms with Gasteiger partial charge >= 0.3 is 0 Å². The van der Waals surface area contributed by atoms with E-state index in [0.717, 1.165) is 16.6 Å². The van der Waals surface area contributed by atoms with E-state index in [2.05, 4.69) is 22.4 Å². The lowest BCUT2D eigenvalue weighted by Gasteiger charge is -2.04. The molecular formula is C19H30N4S. The maximum absolute atomic E-state index is 4.14. The Labute approximate surface area is 150 Å². The monoisotopic (exact) mass is 346 g/mol. The lowest BCUT2D eigenvalue weighted by atomic mass is 10.1. The van der Waals surface area contributed by atoms with E-state index in [1.54, 1.807) is 11.8 Å². The van der Waals surface area contributed by atoms with Crippen molar-refractivity contribution in [3.05, 3.63) is 30.3 Å². The fraction of sp³-hybridized carbons (Fsp3) is 0.632. The van der Waals surface area contributed by atoms with Crippen LogP contribution in [0.3, 0.4) is 0 Å². The topological polar surface area (TPSA) is 43.6 Å². The molecule has 0 aliphatic carbocycles. The number of rotatable bonds is 13. The molecule has 1 aromatic carbocycles. The summed E-state index contributed by atoms with van der Waals surface area (Å²) in [5.74, 6) is 1.09. The molecule has 0 atom stereocenters. The first-order valence-electron chi connectivity index (χ1n) is 9.38. The van der Waals surface area contributed by atoms with Crippen molar-refractivity contribution in [1.29, 1.82) is 0 Å². The molecule has 0 bridgehead atoms. The summed E-state index contributed by atoms with van der Waals surface area (Å²) in [5.41, 5.74) is 1.02. The van der Waals surface area contributed by atoms with Crippen molar-refractivity contribution in [1.82, 2.24) is 20.2 Å². The molecular weight excluding hydrogens is 316 g/mol. The van der Waals surface area contributed by atoms with Crippen molar-refractivity contribution < 1.29 is 0 Å². The maximum Gasteiger partial charge on any atom is 0.214 e. The minimum atomic E-state index is 0.886. The lowest BCUT2D eigenvalue weighted by molar-refractivity contribution is 0.563. The fourth-order valence-corrected chi connectivity index (χ4v) is 3.64. The Balaban J connectivity index is 1.54. The summed E-state index contributed by atoms with van der Waals surface area (Å²) in [4.78, 5) is 0. The van der Waals surface area contributed by atoms with Gasteiger partial charge in [-0.15, -0.1) is 5.10 Å². The molecule has 0 amide bonds. The predicted octanol–water partition coefficient (Wildman–Crippen LogP) is 5.68. The molecule has 0 saturated carbocycles. The standard InChI is InChI=1S/C19H30N4S/c1-2-3-4-5-6-7-8-9-10-14-17-24-19-20-21-22-23(19)18-15-12-11-13-16-18/h11-13,15-16H,2-10,14,17H2,1H3. The second-order valence-electron chi connectivity index (χ2n) is 6.24. The second-order valence-corrected chi connectivity index (χ2v) is 7.30. The van der Waals surface area contributed by atoms with Crippen LogP contribution in [0.4, 0.5) is 0 Å². The van der Waals surface area contributed by atoms with Crippen LogP contribution in [0, 0.1) is 0 Å². The first kappa shape index (κ1) is 19.0. The van der Waals surface area contributed by atoms with Crippen molar-refractivity contribution in [3.8, 4) is 5.69 Å². The molecule has 0 spiro atoms. The number of thioether (sulfide) groups is 1. The van der Waals surface area contributed by atoms with Crippen molar-refractivity contribution in [2.24, 2.45) is 0 Å². The molecule has 132 valence electrons. The minimum Gasteiger partial charge on any atom is -0.188 e. The van der Waals surface area contributed by atoms with E-state index >= 15 is 0 Å². The lowest BCUT2D eigenvalue weighted by Crippen LogP contribution is -1.98. The van der Waals surface area contributed by atoms with Gasteiger partial charge in [-0.05, 0) is 29.0 Å². The van der Waals surface area contributed by atoms with E-state index in [0.29, 0.717) is 0 Å². The van der Waals surface area contributed by atoms with Gasteiger partial charge in [0, 0.05) is 5.75 Å². The Morgan fingerprint density at radius 2 is 1.46 bits per heavy atom. The Kier molecular flexibility index (Phi) is 9.54. The zero-order valence-electron chi connectivity index (χ0n) is 14.9. The number of aromatic nitrogens is 4. The Morgan fingerprint density at radius 3 is 2.12 bits per heavy atom. The summed E-state index contributed by atoms with van der Waals surface area (Å²) in [6, 6.07) is 10.1. The number of hydrogen-bond acceptors (Lipinski definition) is 4. The highest BCUT2D eigenvalue weighted by Gasteiger charge is 2.07. The highest BCUT2D eigenvalue weighted by Crippen LogP contribution is 2.20. The summed E-state index contributed by atoms with van der Waals surface area (Å²) < 4.78 is 1.82. The van der Waals surface area contributed by atoms with Crippen LogP contribution in [0.1, 0.15) is 71.1 Å². The molecule has 0 radical (unpaired) electrons. The van der Waals surface area contributed by atoms with E-state index in [1.165, 1.54) is 64.2 Å². The normalized spacial score (nSPS) is 11.0. The molecule has 0 aliphatic rings. The Hall–Kier alpha value is -1.36. The average Bonchev–Trinajstić information content (AvgIpc) is 3.09. The quantitative estimate of drug-likeness (QED) is 0.346. The smallest absolute Gasteiger partial charge is 0.188 e. The first-order chi connectivity index (χ1) is 11.9. The molecule has 2 aromatic rings. The SMILES string of the molecule is CCCCCCCCCCCCSc1nnnn1-c1ccccc1. The number of para-hydroxylation sites is 1. The van der Waals surface area contributed by atoms with Crippen LogP contribution in [0.2, 0.25) is 0 Å². The van der Waals surface area contributed by atoms with Gasteiger partial charge in [-0.2, -0.15) is 4.68 Å². The molecule has 0 aliphatic heterocycles. The third-order valence-electron chi connectivity index (χ3n) is 4.17. The number of unbranched alkanes of at least 4 members (excludes halogenated alkanes) is 9. The van der Waals surface area contributed by atoms with Crippen LogP contribution < -0.4 is 0 Å². The van der Waals surface area contributed by atoms with E-state index in [4.69, 9.17) is 0 Å². The van der Waals surface area contributed by atoms with E-state index in [9.17, 15) is 0 Å². The molecule has 24 heavy (non-hydrogen) atoms. The highest BCUT2D eigenvalue weighted by atomic mass is 32.2. The van der Waals surface area contributed by atoms with Gasteiger partial charge in [-0.3, -0.25) is 0 Å². The van der Waals surface area contributed by atoms with E-state index < -0.39 is 0 Å². The predicted molar refractivity (Wildman–Crippen MR) is 102 cm³/mol. The van der Waals surface area contributed by atoms with Crippen molar-refractivity contribution in [2.75, 3.05) is 5.75 Å². The van der Waals surface area contributed by atoms with Gasteiger partial charge in [-0.25, -0.2) is 0 Å². The Bertz CT molecular complexity index is 541. The number of nitrogens with zero attached hydrogens (tertiary/aromatic N) is 4. The summed E-state index contributed by atoms with van der Waals surface area (Å²) in [5, 5.41) is 12.9. The van der Waals surface area contributed by atoms with Gasteiger partial charge in [0.05, 0.1) is 5.69 Å². The average molecular weight is 347 g/mol. The summed E-state index contributed by atoms with van der Waals surface area (Å²) >= 11 is 1.75. The maximum atomic E-state index is 4.14. The third-order valence-corrected chi connectivity index (χ3v) is 5.18. The van der Waals surface area contributed by atoms with Gasteiger partial charge in [0.25, 0.3) is 0 Å². The van der Waals surface area contributed by atoms with Gasteiger partial charge in [-0.1, -0.05) is 94.7 Å². The number of hydrogen-bond donors (Lipinski definition) is 0. The Morgan fingerprint density at radius 1 is 0.833 bits per heavy atom. The molecule has 5 heteroatoms. The third kappa shape index (κ3) is 7.04.